The summed E-state index contributed by atoms with van der Waals surface area (Å²) in [6.07, 6.45) is 3.46. The second-order valence-corrected chi connectivity index (χ2v) is 8.01. The van der Waals surface area contributed by atoms with Crippen LogP contribution in [0, 0.1) is 0 Å². The largest absolute Gasteiger partial charge is 0.760 e. The molecule has 0 bridgehead atoms. The Bertz CT molecular complexity index is 1230. The van der Waals surface area contributed by atoms with Gasteiger partial charge in [-0.15, -0.1) is 0 Å². The summed E-state index contributed by atoms with van der Waals surface area (Å²) >= 11 is 1.12. The number of aromatic nitrogens is 4. The predicted octanol–water partition coefficient (Wildman–Crippen LogP) is 3.50. The third kappa shape index (κ3) is 4.65. The molecule has 2 aromatic carbocycles. The Labute approximate surface area is 183 Å². The van der Waals surface area contributed by atoms with E-state index in [0.29, 0.717) is 16.2 Å². The van der Waals surface area contributed by atoms with Gasteiger partial charge in [-0.1, -0.05) is 18.2 Å². The minimum absolute atomic E-state index is 0.164. The summed E-state index contributed by atoms with van der Waals surface area (Å²) in [5.74, 6) is 0.961. The number of rotatable bonds is 7. The summed E-state index contributed by atoms with van der Waals surface area (Å²) in [4.78, 5) is 8.87. The van der Waals surface area contributed by atoms with Gasteiger partial charge in [-0.3, -0.25) is 8.89 Å². The Hall–Kier alpha value is -2.86. The fourth-order valence-electron chi connectivity index (χ4n) is 2.93. The number of nitrogens with zero attached hydrogens (tertiary/aromatic N) is 4. The molecule has 0 aliphatic heterocycles. The summed E-state index contributed by atoms with van der Waals surface area (Å²) in [5, 5.41) is 11.7. The highest BCUT2D eigenvalue weighted by atomic mass is 79.9. The highest BCUT2D eigenvalue weighted by Crippen LogP contribution is 2.27. The predicted molar refractivity (Wildman–Crippen MR) is 119 cm³/mol. The topological polar surface area (TPSA) is 120 Å². The molecule has 0 spiro atoms. The molecule has 154 valence electrons. The zero-order valence-corrected chi connectivity index (χ0v) is 18.2. The third-order valence-electron chi connectivity index (χ3n) is 4.40. The van der Waals surface area contributed by atoms with E-state index >= 15 is 0 Å². The zero-order valence-electron chi connectivity index (χ0n) is 15.8. The Morgan fingerprint density at radius 2 is 2.00 bits per heavy atom. The fraction of sp³-hybridized carbons (Fsp3) is 0.105. The maximum atomic E-state index is 10.8. The summed E-state index contributed by atoms with van der Waals surface area (Å²) < 4.78 is 26.5. The van der Waals surface area contributed by atoms with Gasteiger partial charge in [0.2, 0.25) is 5.95 Å². The lowest BCUT2D eigenvalue weighted by atomic mass is 10.2. The van der Waals surface area contributed by atoms with E-state index in [-0.39, 0.29) is 6.54 Å². The second kappa shape index (κ2) is 8.88. The van der Waals surface area contributed by atoms with Crippen LogP contribution in [-0.2, 0) is 24.9 Å². The van der Waals surface area contributed by atoms with Crippen LogP contribution in [-0.4, -0.2) is 28.5 Å². The number of fused-ring (bicyclic) bond motifs is 1. The van der Waals surface area contributed by atoms with Crippen molar-refractivity contribution in [3.05, 3.63) is 64.9 Å². The number of para-hydroxylation sites is 1. The normalized spacial score (nSPS) is 12.1. The Morgan fingerprint density at radius 3 is 2.83 bits per heavy atom. The Balaban J connectivity index is 1.58. The van der Waals surface area contributed by atoms with Gasteiger partial charge in [0, 0.05) is 47.8 Å². The first-order valence-electron chi connectivity index (χ1n) is 8.88. The number of hydrogen-bond donors (Lipinski definition) is 3. The molecule has 0 saturated carbocycles. The molecule has 2 heterocycles. The smallest absolute Gasteiger partial charge is 0.229 e. The van der Waals surface area contributed by atoms with Gasteiger partial charge in [0.25, 0.3) is 0 Å². The molecule has 0 fully saturated rings. The summed E-state index contributed by atoms with van der Waals surface area (Å²) in [6.45, 7) is 0.164. The van der Waals surface area contributed by atoms with Crippen molar-refractivity contribution in [2.24, 2.45) is 7.05 Å². The lowest BCUT2D eigenvalue weighted by molar-refractivity contribution is 0.522. The molecule has 0 saturated heterocycles. The average Bonchev–Trinajstić information content (AvgIpc) is 3.10. The van der Waals surface area contributed by atoms with Crippen molar-refractivity contribution < 1.29 is 8.76 Å². The first-order chi connectivity index (χ1) is 14.5. The number of aryl methyl sites for hydroxylation is 1. The molecule has 1 unspecified atom stereocenters. The van der Waals surface area contributed by atoms with E-state index < -0.39 is 11.3 Å². The van der Waals surface area contributed by atoms with Crippen LogP contribution >= 0.6 is 15.9 Å². The monoisotopic (exact) mass is 486 g/mol. The molecule has 11 heteroatoms. The van der Waals surface area contributed by atoms with E-state index in [1.54, 1.807) is 10.9 Å². The molecule has 30 heavy (non-hydrogen) atoms. The van der Waals surface area contributed by atoms with Crippen molar-refractivity contribution in [3.63, 3.8) is 0 Å². The van der Waals surface area contributed by atoms with Crippen molar-refractivity contribution in [3.8, 4) is 0 Å². The van der Waals surface area contributed by atoms with Crippen LogP contribution in [0.4, 0.5) is 23.1 Å². The van der Waals surface area contributed by atoms with Gasteiger partial charge in [0.1, 0.15) is 5.82 Å². The zero-order chi connectivity index (χ0) is 21.1. The van der Waals surface area contributed by atoms with Gasteiger partial charge in [0.15, 0.2) is 0 Å². The minimum atomic E-state index is -2.34. The number of nitrogens with one attached hydrogen (secondary N) is 3. The van der Waals surface area contributed by atoms with E-state index in [1.165, 1.54) is 0 Å². The van der Waals surface area contributed by atoms with Crippen molar-refractivity contribution in [2.75, 3.05) is 10.6 Å². The van der Waals surface area contributed by atoms with Gasteiger partial charge in [-0.05, 0) is 45.8 Å². The van der Waals surface area contributed by atoms with E-state index in [4.69, 9.17) is 0 Å². The highest BCUT2D eigenvalue weighted by Gasteiger charge is 2.09. The summed E-state index contributed by atoms with van der Waals surface area (Å²) in [7, 11) is 1.89. The highest BCUT2D eigenvalue weighted by molar-refractivity contribution is 9.10. The van der Waals surface area contributed by atoms with Crippen LogP contribution in [0.25, 0.3) is 10.9 Å². The molecule has 0 amide bonds. The SMILES string of the molecule is Cn1ncc2ccc(Nc3ncc(Br)c(Nc4ccccc4CNS(=O)[O-])n3)cc21. The molecule has 0 radical (unpaired) electrons. The van der Waals surface area contributed by atoms with Crippen LogP contribution in [0.2, 0.25) is 0 Å². The van der Waals surface area contributed by atoms with Crippen LogP contribution in [0.5, 0.6) is 0 Å². The van der Waals surface area contributed by atoms with E-state index in [1.807, 2.05) is 55.7 Å². The Morgan fingerprint density at radius 1 is 1.17 bits per heavy atom. The van der Waals surface area contributed by atoms with Crippen molar-refractivity contribution in [1.29, 1.82) is 0 Å². The second-order valence-electron chi connectivity index (χ2n) is 6.39. The van der Waals surface area contributed by atoms with Gasteiger partial charge < -0.3 is 15.2 Å². The first-order valence-corrected chi connectivity index (χ1v) is 10.8. The molecular formula is C19H17BrN7O2S-. The maximum Gasteiger partial charge on any atom is 0.229 e. The molecule has 0 aliphatic rings. The molecule has 0 aliphatic carbocycles. The van der Waals surface area contributed by atoms with E-state index in [2.05, 4.69) is 46.4 Å². The number of benzene rings is 2. The average molecular weight is 487 g/mol. The first kappa shape index (κ1) is 20.4. The molecule has 1 atom stereocenters. The molecule has 2 aromatic heterocycles. The van der Waals surface area contributed by atoms with Crippen LogP contribution in [0.1, 0.15) is 5.56 Å². The van der Waals surface area contributed by atoms with Gasteiger partial charge in [-0.25, -0.2) is 9.71 Å². The number of halogens is 1. The molecule has 3 N–H and O–H groups in total. The van der Waals surface area contributed by atoms with Crippen LogP contribution in [0.3, 0.4) is 0 Å². The van der Waals surface area contributed by atoms with Crippen LogP contribution < -0.4 is 15.4 Å². The Kier molecular flexibility index (Phi) is 6.04. The van der Waals surface area contributed by atoms with E-state index in [9.17, 15) is 8.76 Å². The summed E-state index contributed by atoms with van der Waals surface area (Å²) in [6, 6.07) is 13.3. The quantitative estimate of drug-likeness (QED) is 0.342. The molecule has 4 rings (SSSR count). The van der Waals surface area contributed by atoms with Crippen molar-refractivity contribution in [2.45, 2.75) is 6.54 Å². The minimum Gasteiger partial charge on any atom is -0.760 e. The lowest BCUT2D eigenvalue weighted by Crippen LogP contribution is -2.16. The van der Waals surface area contributed by atoms with Gasteiger partial charge >= 0.3 is 0 Å². The standard InChI is InChI=1S/C19H18BrN7O2S/c1-27-17-8-14(7-6-13(17)9-22-27)24-19-21-11-15(20)18(26-19)25-16-5-3-2-4-12(16)10-23-30(28)29/h2-9,11,23H,10H2,1H3,(H,28,29)(H2,21,24,25,26)/p-1. The molecule has 4 aromatic rings. The maximum absolute atomic E-state index is 10.8. The van der Waals surface area contributed by atoms with Crippen LogP contribution in [0.15, 0.2) is 59.3 Å². The number of hydrogen-bond acceptors (Lipinski definition) is 7. The summed E-state index contributed by atoms with van der Waals surface area (Å²) in [5.41, 5.74) is 3.34. The lowest BCUT2D eigenvalue weighted by Gasteiger charge is -2.15. The number of anilines is 4. The molecular weight excluding hydrogens is 470 g/mol. The van der Waals surface area contributed by atoms with Crippen molar-refractivity contribution in [1.82, 2.24) is 24.5 Å². The fourth-order valence-corrected chi connectivity index (χ4v) is 3.49. The third-order valence-corrected chi connectivity index (χ3v) is 5.36. The molecule has 9 nitrogen and oxygen atoms in total. The van der Waals surface area contributed by atoms with Gasteiger partial charge in [-0.2, -0.15) is 10.1 Å². The van der Waals surface area contributed by atoms with Crippen molar-refractivity contribution >= 4 is 61.2 Å². The van der Waals surface area contributed by atoms with E-state index in [0.717, 1.165) is 27.8 Å². The van der Waals surface area contributed by atoms with Gasteiger partial charge in [0.05, 0.1) is 16.2 Å².